The SMILES string of the molecule is Cc1cccc2nc(C(C)Nc3ncnc(N)c3N)c(-c3ccccc3)nc12. The number of hydrogen-bond acceptors (Lipinski definition) is 7. The number of para-hydroxylation sites is 1. The molecule has 4 rings (SSSR count). The number of aryl methyl sites for hydroxylation is 1. The van der Waals surface area contributed by atoms with Gasteiger partial charge in [-0.3, -0.25) is 0 Å². The number of nitrogens with zero attached hydrogens (tertiary/aromatic N) is 4. The van der Waals surface area contributed by atoms with Crippen molar-refractivity contribution in [3.8, 4) is 11.3 Å². The molecule has 140 valence electrons. The van der Waals surface area contributed by atoms with E-state index in [1.54, 1.807) is 0 Å². The van der Waals surface area contributed by atoms with Crippen LogP contribution < -0.4 is 16.8 Å². The van der Waals surface area contributed by atoms with Crippen LogP contribution in [0.3, 0.4) is 0 Å². The van der Waals surface area contributed by atoms with Gasteiger partial charge in [-0.25, -0.2) is 19.9 Å². The molecule has 0 bridgehead atoms. The van der Waals surface area contributed by atoms with Gasteiger partial charge in [-0.1, -0.05) is 42.5 Å². The summed E-state index contributed by atoms with van der Waals surface area (Å²) in [5, 5.41) is 3.30. The van der Waals surface area contributed by atoms with E-state index in [-0.39, 0.29) is 11.9 Å². The van der Waals surface area contributed by atoms with Crippen LogP contribution in [0.4, 0.5) is 17.3 Å². The van der Waals surface area contributed by atoms with Crippen LogP contribution in [0.15, 0.2) is 54.9 Å². The van der Waals surface area contributed by atoms with E-state index in [0.29, 0.717) is 11.5 Å². The van der Waals surface area contributed by atoms with Crippen LogP contribution in [0.25, 0.3) is 22.3 Å². The van der Waals surface area contributed by atoms with Crippen molar-refractivity contribution in [1.82, 2.24) is 19.9 Å². The predicted molar refractivity (Wildman–Crippen MR) is 113 cm³/mol. The Balaban J connectivity index is 1.85. The van der Waals surface area contributed by atoms with Crippen molar-refractivity contribution in [2.75, 3.05) is 16.8 Å². The first-order valence-corrected chi connectivity index (χ1v) is 8.99. The van der Waals surface area contributed by atoms with Gasteiger partial charge in [0.15, 0.2) is 11.6 Å². The Labute approximate surface area is 162 Å². The van der Waals surface area contributed by atoms with Gasteiger partial charge in [0.05, 0.1) is 28.5 Å². The fourth-order valence-electron chi connectivity index (χ4n) is 3.14. The number of nitrogens with two attached hydrogens (primary N) is 2. The zero-order valence-electron chi connectivity index (χ0n) is 15.7. The summed E-state index contributed by atoms with van der Waals surface area (Å²) in [4.78, 5) is 18.0. The predicted octanol–water partition coefficient (Wildman–Crippen LogP) is 3.73. The van der Waals surface area contributed by atoms with Gasteiger partial charge in [-0.2, -0.15) is 0 Å². The monoisotopic (exact) mass is 371 g/mol. The second kappa shape index (κ2) is 7.11. The van der Waals surface area contributed by atoms with E-state index >= 15 is 0 Å². The van der Waals surface area contributed by atoms with Crippen molar-refractivity contribution in [3.63, 3.8) is 0 Å². The lowest BCUT2D eigenvalue weighted by Gasteiger charge is -2.19. The first-order valence-electron chi connectivity index (χ1n) is 8.99. The number of nitrogens with one attached hydrogen (secondary N) is 1. The van der Waals surface area contributed by atoms with Crippen molar-refractivity contribution >= 4 is 28.4 Å². The number of nitrogen functional groups attached to an aromatic ring is 2. The topological polar surface area (TPSA) is 116 Å². The third-order valence-corrected chi connectivity index (χ3v) is 4.65. The minimum atomic E-state index is -0.204. The molecule has 28 heavy (non-hydrogen) atoms. The lowest BCUT2D eigenvalue weighted by atomic mass is 10.0. The van der Waals surface area contributed by atoms with Gasteiger partial charge in [0, 0.05) is 5.56 Å². The molecule has 0 radical (unpaired) electrons. The van der Waals surface area contributed by atoms with Gasteiger partial charge in [-0.15, -0.1) is 0 Å². The number of rotatable bonds is 4. The average Bonchev–Trinajstić information content (AvgIpc) is 2.71. The molecule has 2 aromatic carbocycles. The van der Waals surface area contributed by atoms with Gasteiger partial charge < -0.3 is 16.8 Å². The summed E-state index contributed by atoms with van der Waals surface area (Å²) in [6.07, 6.45) is 1.38. The molecule has 2 aromatic heterocycles. The lowest BCUT2D eigenvalue weighted by molar-refractivity contribution is 0.833. The van der Waals surface area contributed by atoms with Crippen LogP contribution in [0.1, 0.15) is 24.2 Å². The van der Waals surface area contributed by atoms with Crippen LogP contribution in [0, 0.1) is 6.92 Å². The molecule has 7 heteroatoms. The molecule has 0 spiro atoms. The minimum absolute atomic E-state index is 0.204. The molecule has 0 aliphatic carbocycles. The normalized spacial score (nSPS) is 12.1. The summed E-state index contributed by atoms with van der Waals surface area (Å²) in [7, 11) is 0. The van der Waals surface area contributed by atoms with E-state index in [0.717, 1.165) is 33.5 Å². The molecule has 7 nitrogen and oxygen atoms in total. The largest absolute Gasteiger partial charge is 0.393 e. The molecule has 0 saturated heterocycles. The number of aromatic nitrogens is 4. The van der Waals surface area contributed by atoms with Gasteiger partial charge in [-0.05, 0) is 25.5 Å². The lowest BCUT2D eigenvalue weighted by Crippen LogP contribution is -2.15. The Kier molecular flexibility index (Phi) is 4.49. The molecular weight excluding hydrogens is 350 g/mol. The van der Waals surface area contributed by atoms with Gasteiger partial charge >= 0.3 is 0 Å². The van der Waals surface area contributed by atoms with Crippen LogP contribution >= 0.6 is 0 Å². The third kappa shape index (κ3) is 3.18. The van der Waals surface area contributed by atoms with E-state index in [1.807, 2.05) is 62.4 Å². The molecule has 0 fully saturated rings. The summed E-state index contributed by atoms with van der Waals surface area (Å²) in [5.74, 6) is 0.721. The summed E-state index contributed by atoms with van der Waals surface area (Å²) in [6, 6.07) is 15.8. The number of hydrogen-bond donors (Lipinski definition) is 3. The smallest absolute Gasteiger partial charge is 0.155 e. The van der Waals surface area contributed by atoms with Crippen molar-refractivity contribution in [2.24, 2.45) is 0 Å². The summed E-state index contributed by atoms with van der Waals surface area (Å²) in [6.45, 7) is 4.04. The quantitative estimate of drug-likeness (QED) is 0.500. The fraction of sp³-hybridized carbons (Fsp3) is 0.143. The Morgan fingerprint density at radius 3 is 2.50 bits per heavy atom. The van der Waals surface area contributed by atoms with E-state index < -0.39 is 0 Å². The second-order valence-corrected chi connectivity index (χ2v) is 6.65. The molecule has 0 saturated carbocycles. The maximum atomic E-state index is 6.02. The average molecular weight is 371 g/mol. The Bertz CT molecular complexity index is 1140. The van der Waals surface area contributed by atoms with Crippen molar-refractivity contribution in [2.45, 2.75) is 19.9 Å². The molecule has 0 amide bonds. The first kappa shape index (κ1) is 17.7. The van der Waals surface area contributed by atoms with Crippen molar-refractivity contribution < 1.29 is 0 Å². The molecule has 4 aromatic rings. The van der Waals surface area contributed by atoms with Crippen LogP contribution in [-0.2, 0) is 0 Å². The number of benzene rings is 2. The first-order chi connectivity index (χ1) is 13.5. The summed E-state index contributed by atoms with van der Waals surface area (Å²) >= 11 is 0. The highest BCUT2D eigenvalue weighted by atomic mass is 15.1. The Hall–Kier alpha value is -3.74. The van der Waals surface area contributed by atoms with Crippen LogP contribution in [-0.4, -0.2) is 19.9 Å². The fourth-order valence-corrected chi connectivity index (χ4v) is 3.14. The molecule has 2 heterocycles. The molecule has 5 N–H and O–H groups in total. The highest BCUT2D eigenvalue weighted by molar-refractivity contribution is 5.82. The van der Waals surface area contributed by atoms with Crippen LogP contribution in [0.2, 0.25) is 0 Å². The third-order valence-electron chi connectivity index (χ3n) is 4.65. The number of fused-ring (bicyclic) bond motifs is 1. The van der Waals surface area contributed by atoms with Gasteiger partial charge in [0.25, 0.3) is 0 Å². The standard InChI is InChI=1S/C21H21N7/c1-12-7-6-10-15-17(12)28-19(14-8-4-3-5-9-14)18(27-15)13(2)26-21-16(22)20(23)24-11-25-21/h3-11,13H,22H2,1-2H3,(H3,23,24,25,26). The van der Waals surface area contributed by atoms with E-state index in [9.17, 15) is 0 Å². The zero-order valence-corrected chi connectivity index (χ0v) is 15.7. The summed E-state index contributed by atoms with van der Waals surface area (Å²) < 4.78 is 0. The molecule has 0 aliphatic heterocycles. The van der Waals surface area contributed by atoms with E-state index in [1.165, 1.54) is 6.33 Å². The van der Waals surface area contributed by atoms with Crippen molar-refractivity contribution in [1.29, 1.82) is 0 Å². The molecular formula is C21H21N7. The maximum absolute atomic E-state index is 6.02. The summed E-state index contributed by atoms with van der Waals surface area (Å²) in [5.41, 5.74) is 17.6. The highest BCUT2D eigenvalue weighted by Crippen LogP contribution is 2.31. The van der Waals surface area contributed by atoms with Gasteiger partial charge in [0.1, 0.15) is 12.0 Å². The highest BCUT2D eigenvalue weighted by Gasteiger charge is 2.19. The second-order valence-electron chi connectivity index (χ2n) is 6.65. The molecule has 0 aliphatic rings. The van der Waals surface area contributed by atoms with E-state index in [4.69, 9.17) is 21.4 Å². The number of anilines is 3. The van der Waals surface area contributed by atoms with Crippen molar-refractivity contribution in [3.05, 3.63) is 66.1 Å². The Morgan fingerprint density at radius 1 is 0.929 bits per heavy atom. The minimum Gasteiger partial charge on any atom is -0.393 e. The van der Waals surface area contributed by atoms with E-state index in [2.05, 4.69) is 15.3 Å². The maximum Gasteiger partial charge on any atom is 0.155 e. The molecule has 1 unspecified atom stereocenters. The molecule has 1 atom stereocenters. The Morgan fingerprint density at radius 2 is 1.71 bits per heavy atom. The zero-order chi connectivity index (χ0) is 19.7. The van der Waals surface area contributed by atoms with Crippen LogP contribution in [0.5, 0.6) is 0 Å². The van der Waals surface area contributed by atoms with Gasteiger partial charge in [0.2, 0.25) is 0 Å².